The van der Waals surface area contributed by atoms with Gasteiger partial charge in [0.25, 0.3) is 11.8 Å². The van der Waals surface area contributed by atoms with E-state index in [2.05, 4.69) is 5.32 Å². The van der Waals surface area contributed by atoms with Crippen LogP contribution in [0.1, 0.15) is 26.3 Å². The SMILES string of the molecule is C[C@@H](CN)NC(=O)c1ccc(C(N)=O)s1. The first-order valence-electron chi connectivity index (χ1n) is 4.45. The number of rotatable bonds is 4. The van der Waals surface area contributed by atoms with Crippen LogP contribution in [0.5, 0.6) is 0 Å². The smallest absolute Gasteiger partial charge is 0.261 e. The molecule has 6 heteroatoms. The maximum Gasteiger partial charge on any atom is 0.261 e. The summed E-state index contributed by atoms with van der Waals surface area (Å²) in [5.41, 5.74) is 10.4. The lowest BCUT2D eigenvalue weighted by Crippen LogP contribution is -2.37. The predicted molar refractivity (Wildman–Crippen MR) is 58.8 cm³/mol. The third-order valence-electron chi connectivity index (χ3n) is 1.80. The fourth-order valence-corrected chi connectivity index (χ4v) is 1.71. The standard InChI is InChI=1S/C9H13N3O2S/c1-5(4-10)12-9(14)7-3-2-6(15-7)8(11)13/h2-3,5H,4,10H2,1H3,(H2,11,13)(H,12,14)/t5-/m0/s1. The van der Waals surface area contributed by atoms with Gasteiger partial charge < -0.3 is 16.8 Å². The molecule has 0 aliphatic rings. The molecule has 0 radical (unpaired) electrons. The largest absolute Gasteiger partial charge is 0.365 e. The monoisotopic (exact) mass is 227 g/mol. The molecule has 0 aliphatic heterocycles. The van der Waals surface area contributed by atoms with Crippen LogP contribution in [0.4, 0.5) is 0 Å². The minimum absolute atomic E-state index is 0.0865. The second-order valence-corrected chi connectivity index (χ2v) is 4.22. The maximum atomic E-state index is 11.5. The van der Waals surface area contributed by atoms with Gasteiger partial charge in [0.15, 0.2) is 0 Å². The Hall–Kier alpha value is -1.40. The number of primary amides is 1. The van der Waals surface area contributed by atoms with Gasteiger partial charge in [0.05, 0.1) is 9.75 Å². The minimum Gasteiger partial charge on any atom is -0.365 e. The van der Waals surface area contributed by atoms with E-state index in [0.29, 0.717) is 16.3 Å². The van der Waals surface area contributed by atoms with Crippen LogP contribution in [0, 0.1) is 0 Å². The molecule has 0 bridgehead atoms. The van der Waals surface area contributed by atoms with Gasteiger partial charge >= 0.3 is 0 Å². The molecule has 1 aromatic heterocycles. The number of carbonyl (C=O) groups excluding carboxylic acids is 2. The molecule has 0 saturated heterocycles. The highest BCUT2D eigenvalue weighted by Gasteiger charge is 2.12. The molecule has 1 aromatic rings. The summed E-state index contributed by atoms with van der Waals surface area (Å²) in [6.07, 6.45) is 0. The average molecular weight is 227 g/mol. The Bertz CT molecular complexity index is 375. The summed E-state index contributed by atoms with van der Waals surface area (Å²) in [6.45, 7) is 2.18. The molecular weight excluding hydrogens is 214 g/mol. The molecule has 0 saturated carbocycles. The van der Waals surface area contributed by atoms with E-state index in [1.807, 2.05) is 0 Å². The van der Waals surface area contributed by atoms with Crippen LogP contribution in [0.3, 0.4) is 0 Å². The third kappa shape index (κ3) is 3.03. The van der Waals surface area contributed by atoms with E-state index in [9.17, 15) is 9.59 Å². The van der Waals surface area contributed by atoms with E-state index in [1.165, 1.54) is 6.07 Å². The molecule has 1 heterocycles. The summed E-state index contributed by atoms with van der Waals surface area (Å²) in [5.74, 6) is -0.753. The first-order valence-corrected chi connectivity index (χ1v) is 5.26. The van der Waals surface area contributed by atoms with Crippen molar-refractivity contribution in [2.24, 2.45) is 11.5 Å². The van der Waals surface area contributed by atoms with Crippen LogP contribution < -0.4 is 16.8 Å². The number of hydrogen-bond acceptors (Lipinski definition) is 4. The highest BCUT2D eigenvalue weighted by Crippen LogP contribution is 2.15. The fourth-order valence-electron chi connectivity index (χ4n) is 0.946. The first-order chi connectivity index (χ1) is 7.04. The normalized spacial score (nSPS) is 12.1. The first kappa shape index (κ1) is 11.7. The number of nitrogens with two attached hydrogens (primary N) is 2. The molecule has 5 nitrogen and oxygen atoms in total. The van der Waals surface area contributed by atoms with Gasteiger partial charge in [-0.25, -0.2) is 0 Å². The van der Waals surface area contributed by atoms with Crippen LogP contribution in [-0.4, -0.2) is 24.4 Å². The van der Waals surface area contributed by atoms with Crippen LogP contribution >= 0.6 is 11.3 Å². The number of carbonyl (C=O) groups is 2. The Kier molecular flexibility index (Phi) is 3.81. The summed E-state index contributed by atoms with van der Waals surface area (Å²) in [6, 6.07) is 3.02. The van der Waals surface area contributed by atoms with E-state index in [4.69, 9.17) is 11.5 Å². The van der Waals surface area contributed by atoms with Gasteiger partial charge in [-0.05, 0) is 19.1 Å². The van der Waals surface area contributed by atoms with Crippen molar-refractivity contribution in [3.8, 4) is 0 Å². The Labute approximate surface area is 91.4 Å². The molecule has 0 aliphatic carbocycles. The van der Waals surface area contributed by atoms with Gasteiger partial charge in [-0.2, -0.15) is 0 Å². The van der Waals surface area contributed by atoms with Crippen LogP contribution in [0.25, 0.3) is 0 Å². The molecule has 15 heavy (non-hydrogen) atoms. The molecule has 0 spiro atoms. The predicted octanol–water partition coefficient (Wildman–Crippen LogP) is -0.0760. The highest BCUT2D eigenvalue weighted by atomic mass is 32.1. The van der Waals surface area contributed by atoms with E-state index >= 15 is 0 Å². The number of hydrogen-bond donors (Lipinski definition) is 3. The van der Waals surface area contributed by atoms with Gasteiger partial charge in [0.1, 0.15) is 0 Å². The summed E-state index contributed by atoms with van der Waals surface area (Å²) in [4.78, 5) is 23.2. The van der Waals surface area contributed by atoms with Crippen molar-refractivity contribution < 1.29 is 9.59 Å². The molecule has 0 unspecified atom stereocenters. The second-order valence-electron chi connectivity index (χ2n) is 3.14. The zero-order valence-electron chi connectivity index (χ0n) is 8.32. The van der Waals surface area contributed by atoms with Gasteiger partial charge in [0.2, 0.25) is 0 Å². The van der Waals surface area contributed by atoms with Crippen LogP contribution in [0.2, 0.25) is 0 Å². The summed E-state index contributed by atoms with van der Waals surface area (Å²) in [5, 5.41) is 2.69. The molecule has 5 N–H and O–H groups in total. The molecule has 1 atom stereocenters. The van der Waals surface area contributed by atoms with Crippen molar-refractivity contribution in [1.82, 2.24) is 5.32 Å². The number of nitrogens with one attached hydrogen (secondary N) is 1. The summed E-state index contributed by atoms with van der Waals surface area (Å²) < 4.78 is 0. The van der Waals surface area contributed by atoms with E-state index in [0.717, 1.165) is 11.3 Å². The fraction of sp³-hybridized carbons (Fsp3) is 0.333. The average Bonchev–Trinajstić information content (AvgIpc) is 2.66. The topological polar surface area (TPSA) is 98.2 Å². The van der Waals surface area contributed by atoms with Gasteiger partial charge in [-0.1, -0.05) is 0 Å². The Morgan fingerprint density at radius 1 is 1.47 bits per heavy atom. The van der Waals surface area contributed by atoms with Gasteiger partial charge in [0, 0.05) is 12.6 Å². The van der Waals surface area contributed by atoms with Crippen LogP contribution in [0.15, 0.2) is 12.1 Å². The molecule has 0 aromatic carbocycles. The zero-order valence-corrected chi connectivity index (χ0v) is 9.14. The lowest BCUT2D eigenvalue weighted by atomic mass is 10.3. The zero-order chi connectivity index (χ0) is 11.4. The Balaban J connectivity index is 2.70. The van der Waals surface area contributed by atoms with Crippen molar-refractivity contribution in [3.63, 3.8) is 0 Å². The lowest BCUT2D eigenvalue weighted by Gasteiger charge is -2.09. The van der Waals surface area contributed by atoms with Crippen molar-refractivity contribution in [2.75, 3.05) is 6.54 Å². The number of thiophene rings is 1. The van der Waals surface area contributed by atoms with E-state index in [-0.39, 0.29) is 11.9 Å². The van der Waals surface area contributed by atoms with Crippen molar-refractivity contribution in [3.05, 3.63) is 21.9 Å². The second kappa shape index (κ2) is 4.90. The summed E-state index contributed by atoms with van der Waals surface area (Å²) >= 11 is 1.07. The third-order valence-corrected chi connectivity index (χ3v) is 2.90. The van der Waals surface area contributed by atoms with Gasteiger partial charge in [-0.3, -0.25) is 9.59 Å². The molecular formula is C9H13N3O2S. The molecule has 1 rings (SSSR count). The molecule has 2 amide bonds. The molecule has 82 valence electrons. The van der Waals surface area contributed by atoms with E-state index in [1.54, 1.807) is 13.0 Å². The lowest BCUT2D eigenvalue weighted by molar-refractivity contribution is 0.0944. The van der Waals surface area contributed by atoms with E-state index < -0.39 is 5.91 Å². The summed E-state index contributed by atoms with van der Waals surface area (Å²) in [7, 11) is 0. The maximum absolute atomic E-state index is 11.5. The quantitative estimate of drug-likeness (QED) is 0.671. The Morgan fingerprint density at radius 2 is 2.07 bits per heavy atom. The van der Waals surface area contributed by atoms with Gasteiger partial charge in [-0.15, -0.1) is 11.3 Å². The number of amides is 2. The molecule has 0 fully saturated rings. The van der Waals surface area contributed by atoms with Crippen molar-refractivity contribution in [2.45, 2.75) is 13.0 Å². The Morgan fingerprint density at radius 3 is 2.53 bits per heavy atom. The van der Waals surface area contributed by atoms with Crippen molar-refractivity contribution >= 4 is 23.2 Å². The van der Waals surface area contributed by atoms with Crippen LogP contribution in [-0.2, 0) is 0 Å². The minimum atomic E-state index is -0.522. The van der Waals surface area contributed by atoms with Crippen molar-refractivity contribution in [1.29, 1.82) is 0 Å². The highest BCUT2D eigenvalue weighted by molar-refractivity contribution is 7.15.